The summed E-state index contributed by atoms with van der Waals surface area (Å²) in [4.78, 5) is 7.04. The highest BCUT2D eigenvalue weighted by atomic mass is 127. The van der Waals surface area contributed by atoms with Gasteiger partial charge >= 0.3 is 0 Å². The lowest BCUT2D eigenvalue weighted by atomic mass is 9.98. The normalized spacial score (nSPS) is 17.8. The maximum absolute atomic E-state index is 10.4. The molecular weight excluding hydrogens is 439 g/mol. The van der Waals surface area contributed by atoms with E-state index in [0.29, 0.717) is 12.6 Å². The summed E-state index contributed by atoms with van der Waals surface area (Å²) in [5, 5.41) is 17.3. The van der Waals surface area contributed by atoms with Gasteiger partial charge in [-0.05, 0) is 45.2 Å². The zero-order valence-corrected chi connectivity index (χ0v) is 18.9. The van der Waals surface area contributed by atoms with E-state index in [9.17, 15) is 5.11 Å². The Bertz CT molecular complexity index is 557. The average Bonchev–Trinajstić information content (AvgIpc) is 3.09. The molecule has 1 fully saturated rings. The minimum Gasteiger partial charge on any atom is -0.388 e. The number of rotatable bonds is 7. The second kappa shape index (κ2) is 11.0. The van der Waals surface area contributed by atoms with Crippen LogP contribution < -0.4 is 15.5 Å². The summed E-state index contributed by atoms with van der Waals surface area (Å²) < 4.78 is 0. The molecule has 3 N–H and O–H groups in total. The molecule has 6 heteroatoms. The molecule has 1 unspecified atom stereocenters. The second-order valence-corrected chi connectivity index (χ2v) is 7.04. The Morgan fingerprint density at radius 1 is 1.23 bits per heavy atom. The van der Waals surface area contributed by atoms with Gasteiger partial charge in [-0.25, -0.2) is 0 Å². The molecule has 148 valence electrons. The number of halogens is 1. The van der Waals surface area contributed by atoms with Crippen LogP contribution in [0.15, 0.2) is 29.3 Å². The number of hydrogen-bond donors (Lipinski definition) is 3. The van der Waals surface area contributed by atoms with E-state index in [4.69, 9.17) is 0 Å². The van der Waals surface area contributed by atoms with E-state index >= 15 is 0 Å². The lowest BCUT2D eigenvalue weighted by Crippen LogP contribution is -2.45. The monoisotopic (exact) mass is 474 g/mol. The lowest BCUT2D eigenvalue weighted by molar-refractivity contribution is 0.0418. The van der Waals surface area contributed by atoms with Crippen molar-refractivity contribution in [3.05, 3.63) is 29.8 Å². The van der Waals surface area contributed by atoms with Gasteiger partial charge in [0.1, 0.15) is 0 Å². The number of anilines is 1. The summed E-state index contributed by atoms with van der Waals surface area (Å²) in [6.45, 7) is 11.5. The van der Waals surface area contributed by atoms with Crippen molar-refractivity contribution in [2.45, 2.75) is 58.6 Å². The van der Waals surface area contributed by atoms with E-state index in [1.165, 1.54) is 11.3 Å². The highest BCUT2D eigenvalue weighted by Crippen LogP contribution is 2.21. The Morgan fingerprint density at radius 2 is 1.88 bits per heavy atom. The zero-order chi connectivity index (χ0) is 18.3. The Kier molecular flexibility index (Phi) is 9.71. The molecule has 0 aromatic heterocycles. The largest absolute Gasteiger partial charge is 0.388 e. The molecule has 5 nitrogen and oxygen atoms in total. The molecule has 1 atom stereocenters. The van der Waals surface area contributed by atoms with E-state index in [1.54, 1.807) is 0 Å². The van der Waals surface area contributed by atoms with Gasteiger partial charge in [0.2, 0.25) is 0 Å². The summed E-state index contributed by atoms with van der Waals surface area (Å²) in [5.41, 5.74) is 1.87. The van der Waals surface area contributed by atoms with Crippen LogP contribution in [0, 0.1) is 6.92 Å². The number of hydrogen-bond acceptors (Lipinski definition) is 3. The quantitative estimate of drug-likeness (QED) is 0.323. The van der Waals surface area contributed by atoms with Crippen molar-refractivity contribution in [1.82, 2.24) is 10.6 Å². The first-order chi connectivity index (χ1) is 12.0. The first kappa shape index (κ1) is 23.0. The van der Waals surface area contributed by atoms with Crippen molar-refractivity contribution < 1.29 is 5.11 Å². The first-order valence-electron chi connectivity index (χ1n) is 9.58. The summed E-state index contributed by atoms with van der Waals surface area (Å²) in [7, 11) is 0. The van der Waals surface area contributed by atoms with E-state index < -0.39 is 5.60 Å². The van der Waals surface area contributed by atoms with Gasteiger partial charge in [0.25, 0.3) is 0 Å². The standard InChI is InChI=1S/C20H34N4O.HI/c1-5-20(25,6-2)15-22-19(21-7-3)23-17-12-13-24(14-17)18-10-8-16(4)9-11-18;/h8-11,17,25H,5-7,12-15H2,1-4H3,(H2,21,22,23);1H. The number of aliphatic hydroxyl groups is 1. The van der Waals surface area contributed by atoms with Crippen LogP contribution in [-0.4, -0.2) is 48.9 Å². The highest BCUT2D eigenvalue weighted by molar-refractivity contribution is 14.0. The number of aryl methyl sites for hydroxylation is 1. The molecule has 1 saturated heterocycles. The van der Waals surface area contributed by atoms with Crippen LogP contribution in [0.25, 0.3) is 0 Å². The van der Waals surface area contributed by atoms with Gasteiger partial charge in [-0.15, -0.1) is 24.0 Å². The minimum absolute atomic E-state index is 0. The van der Waals surface area contributed by atoms with Gasteiger partial charge in [-0.2, -0.15) is 0 Å². The number of benzene rings is 1. The molecule has 0 saturated carbocycles. The Morgan fingerprint density at radius 3 is 2.46 bits per heavy atom. The fraction of sp³-hybridized carbons (Fsp3) is 0.650. The molecular formula is C20H35IN4O. The molecule has 2 rings (SSSR count). The van der Waals surface area contributed by atoms with E-state index in [0.717, 1.165) is 44.9 Å². The van der Waals surface area contributed by atoms with E-state index in [-0.39, 0.29) is 24.0 Å². The van der Waals surface area contributed by atoms with Crippen molar-refractivity contribution in [2.75, 3.05) is 31.1 Å². The molecule has 1 aliphatic rings. The number of guanidine groups is 1. The van der Waals surface area contributed by atoms with Crippen LogP contribution in [0.4, 0.5) is 5.69 Å². The van der Waals surface area contributed by atoms with E-state index in [2.05, 4.69) is 58.6 Å². The zero-order valence-electron chi connectivity index (χ0n) is 16.6. The summed E-state index contributed by atoms with van der Waals surface area (Å²) in [6, 6.07) is 9.09. The maximum Gasteiger partial charge on any atom is 0.191 e. The van der Waals surface area contributed by atoms with Crippen LogP contribution in [0.3, 0.4) is 0 Å². The summed E-state index contributed by atoms with van der Waals surface area (Å²) >= 11 is 0. The van der Waals surface area contributed by atoms with Gasteiger partial charge in [0, 0.05) is 31.4 Å². The highest BCUT2D eigenvalue weighted by Gasteiger charge is 2.25. The number of nitrogens with zero attached hydrogens (tertiary/aromatic N) is 2. The van der Waals surface area contributed by atoms with Gasteiger partial charge < -0.3 is 20.6 Å². The van der Waals surface area contributed by atoms with Gasteiger partial charge in [-0.1, -0.05) is 31.5 Å². The van der Waals surface area contributed by atoms with Crippen LogP contribution in [-0.2, 0) is 0 Å². The van der Waals surface area contributed by atoms with Crippen LogP contribution in [0.5, 0.6) is 0 Å². The summed E-state index contributed by atoms with van der Waals surface area (Å²) in [6.07, 6.45) is 2.53. The topological polar surface area (TPSA) is 59.9 Å². The maximum atomic E-state index is 10.4. The van der Waals surface area contributed by atoms with Gasteiger partial charge in [0.05, 0.1) is 12.1 Å². The van der Waals surface area contributed by atoms with Crippen molar-refractivity contribution in [1.29, 1.82) is 0 Å². The van der Waals surface area contributed by atoms with Crippen LogP contribution in [0.1, 0.15) is 45.6 Å². The van der Waals surface area contributed by atoms with Crippen molar-refractivity contribution in [3.63, 3.8) is 0 Å². The third kappa shape index (κ3) is 6.61. The van der Waals surface area contributed by atoms with Crippen LogP contribution in [0.2, 0.25) is 0 Å². The molecule has 26 heavy (non-hydrogen) atoms. The van der Waals surface area contributed by atoms with Crippen LogP contribution >= 0.6 is 24.0 Å². The molecule has 1 aliphatic heterocycles. The van der Waals surface area contributed by atoms with Crippen molar-refractivity contribution >= 4 is 35.6 Å². The molecule has 0 bridgehead atoms. The Labute approximate surface area is 175 Å². The number of nitrogens with one attached hydrogen (secondary N) is 2. The first-order valence-corrected chi connectivity index (χ1v) is 9.58. The fourth-order valence-corrected chi connectivity index (χ4v) is 3.08. The minimum atomic E-state index is -0.702. The second-order valence-electron chi connectivity index (χ2n) is 7.04. The van der Waals surface area contributed by atoms with Gasteiger partial charge in [0.15, 0.2) is 5.96 Å². The molecule has 0 amide bonds. The van der Waals surface area contributed by atoms with Crippen molar-refractivity contribution in [3.8, 4) is 0 Å². The molecule has 1 heterocycles. The van der Waals surface area contributed by atoms with Crippen molar-refractivity contribution in [2.24, 2.45) is 4.99 Å². The Balaban J connectivity index is 0.00000338. The fourth-order valence-electron chi connectivity index (χ4n) is 3.08. The molecule has 1 aromatic carbocycles. The third-order valence-electron chi connectivity index (χ3n) is 5.12. The molecule has 0 spiro atoms. The smallest absolute Gasteiger partial charge is 0.191 e. The summed E-state index contributed by atoms with van der Waals surface area (Å²) in [5.74, 6) is 0.804. The third-order valence-corrected chi connectivity index (χ3v) is 5.12. The number of aliphatic imine (C=N–C) groups is 1. The SMILES string of the molecule is CCNC(=NCC(O)(CC)CC)NC1CCN(c2ccc(C)cc2)C1.I. The lowest BCUT2D eigenvalue weighted by Gasteiger charge is -2.24. The molecule has 0 radical (unpaired) electrons. The Hall–Kier alpha value is -1.02. The average molecular weight is 474 g/mol. The molecule has 0 aliphatic carbocycles. The van der Waals surface area contributed by atoms with E-state index in [1.807, 2.05) is 13.8 Å². The predicted molar refractivity (Wildman–Crippen MR) is 122 cm³/mol. The van der Waals surface area contributed by atoms with Gasteiger partial charge in [-0.3, -0.25) is 4.99 Å². The predicted octanol–water partition coefficient (Wildman–Crippen LogP) is 3.30. The molecule has 1 aromatic rings.